The summed E-state index contributed by atoms with van der Waals surface area (Å²) in [6.45, 7) is 2.06. The first-order valence-electron chi connectivity index (χ1n) is 7.19. The van der Waals surface area contributed by atoms with Gasteiger partial charge < -0.3 is 14.2 Å². The molecule has 3 rings (SSSR count). The van der Waals surface area contributed by atoms with Crippen LogP contribution in [0.1, 0.15) is 22.8 Å². The van der Waals surface area contributed by atoms with E-state index < -0.39 is 5.79 Å². The largest absolute Gasteiger partial charge is 0.456 e. The number of alkyl halides is 1. The van der Waals surface area contributed by atoms with Gasteiger partial charge in [-0.1, -0.05) is 64.0 Å². The Morgan fingerprint density at radius 1 is 1.05 bits per heavy atom. The van der Waals surface area contributed by atoms with Gasteiger partial charge in [0.05, 0.1) is 0 Å². The molecule has 0 aromatic heterocycles. The van der Waals surface area contributed by atoms with Crippen LogP contribution in [0.4, 0.5) is 0 Å². The topological polar surface area (TPSA) is 27.7 Å². The quantitative estimate of drug-likeness (QED) is 0.760. The minimum absolute atomic E-state index is 0.161. The van der Waals surface area contributed by atoms with E-state index in [4.69, 9.17) is 14.2 Å². The van der Waals surface area contributed by atoms with Crippen LogP contribution in [0.25, 0.3) is 0 Å². The fraction of sp³-hybridized carbons (Fsp3) is 0.333. The standard InChI is InChI=1S/C18H19BrO3/c1-12-8-10-13(11-9-12)18(21-3)17(19)16(20-2)14-6-4-5-7-15(14)22-18/h4-11,16-17H,1-3H3/t16-,17-,18-/m0/s1. The van der Waals surface area contributed by atoms with Crippen molar-refractivity contribution in [3.05, 3.63) is 65.2 Å². The van der Waals surface area contributed by atoms with Crippen LogP contribution in [0, 0.1) is 6.92 Å². The Morgan fingerprint density at radius 2 is 1.73 bits per heavy atom. The number of benzene rings is 2. The van der Waals surface area contributed by atoms with Crippen molar-refractivity contribution in [2.75, 3.05) is 14.2 Å². The summed E-state index contributed by atoms with van der Waals surface area (Å²) in [5, 5.41) is 0. The Kier molecular flexibility index (Phi) is 4.26. The Morgan fingerprint density at radius 3 is 2.36 bits per heavy atom. The molecule has 0 aliphatic carbocycles. The highest BCUT2D eigenvalue weighted by Crippen LogP contribution is 2.49. The van der Waals surface area contributed by atoms with E-state index in [2.05, 4.69) is 35.0 Å². The van der Waals surface area contributed by atoms with E-state index in [0.717, 1.165) is 16.9 Å². The maximum absolute atomic E-state index is 6.29. The summed E-state index contributed by atoms with van der Waals surface area (Å²) in [6.07, 6.45) is -0.161. The lowest BCUT2D eigenvalue weighted by atomic mass is 9.91. The van der Waals surface area contributed by atoms with E-state index in [1.807, 2.05) is 36.4 Å². The zero-order chi connectivity index (χ0) is 15.7. The third-order valence-corrected chi connectivity index (χ3v) is 5.21. The van der Waals surface area contributed by atoms with Gasteiger partial charge in [-0.3, -0.25) is 0 Å². The van der Waals surface area contributed by atoms with Crippen molar-refractivity contribution in [2.24, 2.45) is 0 Å². The van der Waals surface area contributed by atoms with Crippen LogP contribution in [-0.4, -0.2) is 19.0 Å². The summed E-state index contributed by atoms with van der Waals surface area (Å²) in [7, 11) is 3.37. The molecule has 0 N–H and O–H groups in total. The van der Waals surface area contributed by atoms with Gasteiger partial charge in [-0.25, -0.2) is 0 Å². The summed E-state index contributed by atoms with van der Waals surface area (Å²) in [5.74, 6) is -0.143. The maximum atomic E-state index is 6.29. The molecule has 22 heavy (non-hydrogen) atoms. The molecule has 116 valence electrons. The van der Waals surface area contributed by atoms with Crippen molar-refractivity contribution < 1.29 is 14.2 Å². The highest BCUT2D eigenvalue weighted by Gasteiger charge is 2.51. The fourth-order valence-electron chi connectivity index (χ4n) is 2.91. The number of hydrogen-bond donors (Lipinski definition) is 0. The molecule has 1 aliphatic rings. The molecule has 0 radical (unpaired) electrons. The molecule has 0 bridgehead atoms. The number of methoxy groups -OCH3 is 2. The first-order chi connectivity index (χ1) is 10.6. The lowest BCUT2D eigenvalue weighted by Crippen LogP contribution is -2.49. The molecule has 2 aromatic carbocycles. The minimum Gasteiger partial charge on any atom is -0.456 e. The van der Waals surface area contributed by atoms with Crippen LogP contribution in [0.3, 0.4) is 0 Å². The number of aryl methyl sites for hydroxylation is 1. The summed E-state index contributed by atoms with van der Waals surface area (Å²) in [5.41, 5.74) is 3.17. The van der Waals surface area contributed by atoms with E-state index in [-0.39, 0.29) is 10.9 Å². The smallest absolute Gasteiger partial charge is 0.252 e. The van der Waals surface area contributed by atoms with Gasteiger partial charge in [0.15, 0.2) is 0 Å². The Balaban J connectivity index is 2.14. The van der Waals surface area contributed by atoms with Crippen molar-refractivity contribution in [3.63, 3.8) is 0 Å². The average Bonchev–Trinajstić information content (AvgIpc) is 2.55. The first-order valence-corrected chi connectivity index (χ1v) is 8.11. The normalized spacial score (nSPS) is 27.1. The van der Waals surface area contributed by atoms with Gasteiger partial charge in [0.2, 0.25) is 0 Å². The third-order valence-electron chi connectivity index (χ3n) is 4.13. The van der Waals surface area contributed by atoms with Crippen molar-refractivity contribution in [1.29, 1.82) is 0 Å². The lowest BCUT2D eigenvalue weighted by Gasteiger charge is -2.44. The second-order valence-electron chi connectivity index (χ2n) is 5.44. The summed E-state index contributed by atoms with van der Waals surface area (Å²) in [4.78, 5) is -0.174. The van der Waals surface area contributed by atoms with Crippen molar-refractivity contribution in [2.45, 2.75) is 23.6 Å². The zero-order valence-corrected chi connectivity index (χ0v) is 14.5. The van der Waals surface area contributed by atoms with Gasteiger partial charge >= 0.3 is 0 Å². The van der Waals surface area contributed by atoms with E-state index in [9.17, 15) is 0 Å². The van der Waals surface area contributed by atoms with Crippen LogP contribution in [0.2, 0.25) is 0 Å². The molecule has 0 fully saturated rings. The van der Waals surface area contributed by atoms with Gasteiger partial charge in [0.25, 0.3) is 5.79 Å². The zero-order valence-electron chi connectivity index (χ0n) is 12.9. The molecule has 0 saturated carbocycles. The molecule has 0 saturated heterocycles. The summed E-state index contributed by atoms with van der Waals surface area (Å²) >= 11 is 3.75. The molecular weight excluding hydrogens is 344 g/mol. The number of halogens is 1. The van der Waals surface area contributed by atoms with Crippen LogP contribution < -0.4 is 4.74 Å². The molecule has 1 heterocycles. The van der Waals surface area contributed by atoms with Crippen LogP contribution in [-0.2, 0) is 15.3 Å². The first kappa shape index (κ1) is 15.5. The highest BCUT2D eigenvalue weighted by molar-refractivity contribution is 9.09. The SMILES string of the molecule is CO[C@H]1c2ccccc2O[C@@](OC)(c2ccc(C)cc2)[C@H]1Br. The van der Waals surface area contributed by atoms with E-state index in [0.29, 0.717) is 0 Å². The van der Waals surface area contributed by atoms with Gasteiger partial charge in [-0.05, 0) is 13.0 Å². The van der Waals surface area contributed by atoms with Crippen LogP contribution >= 0.6 is 15.9 Å². The molecule has 0 spiro atoms. The summed E-state index contributed by atoms with van der Waals surface area (Å²) < 4.78 is 17.9. The van der Waals surface area contributed by atoms with Gasteiger partial charge in [0, 0.05) is 25.3 Å². The van der Waals surface area contributed by atoms with Crippen molar-refractivity contribution in [1.82, 2.24) is 0 Å². The monoisotopic (exact) mass is 362 g/mol. The van der Waals surface area contributed by atoms with Crippen LogP contribution in [0.15, 0.2) is 48.5 Å². The summed E-state index contributed by atoms with van der Waals surface area (Å²) in [6, 6.07) is 16.1. The number of rotatable bonds is 3. The Bertz CT molecular complexity index is 656. The molecular formula is C18H19BrO3. The minimum atomic E-state index is -0.928. The third kappa shape index (κ3) is 2.35. The van der Waals surface area contributed by atoms with Crippen molar-refractivity contribution >= 4 is 15.9 Å². The number of para-hydroxylation sites is 1. The second-order valence-corrected chi connectivity index (χ2v) is 6.42. The molecule has 4 heteroatoms. The highest BCUT2D eigenvalue weighted by atomic mass is 79.9. The van der Waals surface area contributed by atoms with E-state index in [1.54, 1.807) is 14.2 Å². The molecule has 2 aromatic rings. The lowest BCUT2D eigenvalue weighted by molar-refractivity contribution is -0.198. The fourth-order valence-corrected chi connectivity index (χ4v) is 3.95. The number of fused-ring (bicyclic) bond motifs is 1. The Hall–Kier alpha value is -1.36. The number of hydrogen-bond acceptors (Lipinski definition) is 3. The van der Waals surface area contributed by atoms with E-state index >= 15 is 0 Å². The van der Waals surface area contributed by atoms with Crippen molar-refractivity contribution in [3.8, 4) is 5.75 Å². The molecule has 1 aliphatic heterocycles. The predicted molar refractivity (Wildman–Crippen MR) is 89.4 cm³/mol. The van der Waals surface area contributed by atoms with Crippen LogP contribution in [0.5, 0.6) is 5.75 Å². The Labute approximate surface area is 139 Å². The molecule has 3 nitrogen and oxygen atoms in total. The predicted octanol–water partition coefficient (Wildman–Crippen LogP) is 4.34. The molecule has 0 amide bonds. The van der Waals surface area contributed by atoms with Gasteiger partial charge in [0.1, 0.15) is 16.7 Å². The molecule has 0 unspecified atom stereocenters. The maximum Gasteiger partial charge on any atom is 0.252 e. The van der Waals surface area contributed by atoms with E-state index in [1.165, 1.54) is 5.56 Å². The average molecular weight is 363 g/mol. The van der Waals surface area contributed by atoms with Gasteiger partial charge in [-0.2, -0.15) is 0 Å². The van der Waals surface area contributed by atoms with Gasteiger partial charge in [-0.15, -0.1) is 0 Å². The second kappa shape index (κ2) is 6.03. The number of ether oxygens (including phenoxy) is 3. The molecule has 3 atom stereocenters.